The molecule has 35 heavy (non-hydrogen) atoms. The molecule has 2 heterocycles. The first-order valence-corrected chi connectivity index (χ1v) is 15.7. The zero-order valence-electron chi connectivity index (χ0n) is 22.1. The molecule has 0 aliphatic carbocycles. The number of fused-ring (bicyclic) bond motifs is 1. The fraction of sp³-hybridized carbons (Fsp3) is 0.846. The standard InChI is InChI=1S/C26H47NO6S2/c1-21(2)11-7-5-9-14-27(15-10-6-8-12-22(3)4)26(35(28,29)30)13-16-31-17-23-18-32-24-19-34-20-25(24)33-23/h19-23,26H,5-18H2,1-4H3,(H,28,29,30). The fourth-order valence-electron chi connectivity index (χ4n) is 4.35. The molecule has 9 heteroatoms. The minimum atomic E-state index is -4.22. The van der Waals surface area contributed by atoms with Gasteiger partial charge in [-0.1, -0.05) is 66.2 Å². The lowest BCUT2D eigenvalue weighted by Crippen LogP contribution is -2.43. The minimum absolute atomic E-state index is 0.223. The maximum Gasteiger partial charge on any atom is 0.281 e. The predicted molar refractivity (Wildman–Crippen MR) is 143 cm³/mol. The fourth-order valence-corrected chi connectivity index (χ4v) is 6.00. The number of thiophene rings is 1. The van der Waals surface area contributed by atoms with Gasteiger partial charge >= 0.3 is 0 Å². The van der Waals surface area contributed by atoms with E-state index in [1.54, 1.807) is 0 Å². The summed E-state index contributed by atoms with van der Waals surface area (Å²) in [7, 11) is -4.22. The highest BCUT2D eigenvalue weighted by Gasteiger charge is 2.30. The Labute approximate surface area is 217 Å². The molecule has 0 spiro atoms. The third-order valence-corrected chi connectivity index (χ3v) is 8.25. The van der Waals surface area contributed by atoms with Crippen molar-refractivity contribution in [2.45, 2.75) is 97.0 Å². The highest BCUT2D eigenvalue weighted by molar-refractivity contribution is 7.86. The monoisotopic (exact) mass is 533 g/mol. The minimum Gasteiger partial charge on any atom is -0.485 e. The van der Waals surface area contributed by atoms with Gasteiger partial charge in [0.2, 0.25) is 0 Å². The van der Waals surface area contributed by atoms with Crippen molar-refractivity contribution in [2.24, 2.45) is 11.8 Å². The molecule has 1 N–H and O–H groups in total. The van der Waals surface area contributed by atoms with Gasteiger partial charge in [0.1, 0.15) is 12.0 Å². The van der Waals surface area contributed by atoms with Crippen LogP contribution in [0.15, 0.2) is 10.8 Å². The molecule has 2 unspecified atom stereocenters. The quantitative estimate of drug-likeness (QED) is 0.166. The maximum atomic E-state index is 12.3. The zero-order chi connectivity index (χ0) is 25.7. The van der Waals surface area contributed by atoms with Gasteiger partial charge in [-0.2, -0.15) is 8.42 Å². The van der Waals surface area contributed by atoms with E-state index < -0.39 is 15.5 Å². The predicted octanol–water partition coefficient (Wildman–Crippen LogP) is 6.24. The Kier molecular flexibility index (Phi) is 13.9. The van der Waals surface area contributed by atoms with Crippen LogP contribution < -0.4 is 9.47 Å². The molecule has 0 fully saturated rings. The molecule has 0 saturated heterocycles. The van der Waals surface area contributed by atoms with Gasteiger partial charge in [-0.25, -0.2) is 0 Å². The van der Waals surface area contributed by atoms with Crippen LogP contribution in [0.5, 0.6) is 11.5 Å². The molecule has 2 rings (SSSR count). The number of unbranched alkanes of at least 4 members (excludes halogenated alkanes) is 4. The van der Waals surface area contributed by atoms with Gasteiger partial charge in [0.25, 0.3) is 10.1 Å². The van der Waals surface area contributed by atoms with Gasteiger partial charge in [-0.15, -0.1) is 11.3 Å². The molecule has 1 aliphatic heterocycles. The van der Waals surface area contributed by atoms with Crippen molar-refractivity contribution in [2.75, 3.05) is 32.9 Å². The van der Waals surface area contributed by atoms with Crippen LogP contribution in [0.4, 0.5) is 0 Å². The highest BCUT2D eigenvalue weighted by Crippen LogP contribution is 2.35. The van der Waals surface area contributed by atoms with Crippen LogP contribution in [0.1, 0.15) is 85.5 Å². The van der Waals surface area contributed by atoms with Gasteiger partial charge in [0.05, 0.1) is 6.61 Å². The Morgan fingerprint density at radius 3 is 2.14 bits per heavy atom. The van der Waals surface area contributed by atoms with Crippen LogP contribution >= 0.6 is 11.3 Å². The molecule has 0 aromatic carbocycles. The van der Waals surface area contributed by atoms with E-state index in [1.165, 1.54) is 24.2 Å². The van der Waals surface area contributed by atoms with E-state index in [1.807, 2.05) is 15.7 Å². The average Bonchev–Trinajstić information content (AvgIpc) is 3.24. The molecule has 0 bridgehead atoms. The summed E-state index contributed by atoms with van der Waals surface area (Å²) in [5.41, 5.74) is 0. The topological polar surface area (TPSA) is 85.3 Å². The maximum absolute atomic E-state index is 12.3. The molecular formula is C26H47NO6S2. The number of hydrogen-bond donors (Lipinski definition) is 1. The van der Waals surface area contributed by atoms with E-state index in [-0.39, 0.29) is 19.1 Å². The SMILES string of the molecule is CC(C)CCCCCN(CCCCCC(C)C)C(CCOCC1COc2cscc2O1)S(=O)(=O)O. The van der Waals surface area contributed by atoms with E-state index in [2.05, 4.69) is 27.7 Å². The van der Waals surface area contributed by atoms with Crippen LogP contribution in [0, 0.1) is 11.8 Å². The summed E-state index contributed by atoms with van der Waals surface area (Å²) >= 11 is 1.53. The van der Waals surface area contributed by atoms with Crippen LogP contribution in [0.2, 0.25) is 0 Å². The third kappa shape index (κ3) is 12.3. The van der Waals surface area contributed by atoms with E-state index in [9.17, 15) is 13.0 Å². The summed E-state index contributed by atoms with van der Waals surface area (Å²) in [5.74, 6) is 2.85. The molecule has 1 aliphatic rings. The first kappa shape index (κ1) is 30.4. The first-order valence-electron chi connectivity index (χ1n) is 13.3. The van der Waals surface area contributed by atoms with E-state index in [0.717, 1.165) is 50.0 Å². The second-order valence-corrected chi connectivity index (χ2v) is 12.8. The second kappa shape index (κ2) is 16.1. The van der Waals surface area contributed by atoms with Gasteiger partial charge < -0.3 is 14.2 Å². The Morgan fingerprint density at radius 2 is 1.57 bits per heavy atom. The van der Waals surface area contributed by atoms with Gasteiger partial charge in [0, 0.05) is 23.8 Å². The van der Waals surface area contributed by atoms with Crippen molar-refractivity contribution in [3.63, 3.8) is 0 Å². The van der Waals surface area contributed by atoms with E-state index in [4.69, 9.17) is 14.2 Å². The molecule has 0 amide bonds. The molecule has 1 aromatic rings. The molecule has 2 atom stereocenters. The Balaban J connectivity index is 1.84. The largest absolute Gasteiger partial charge is 0.485 e. The lowest BCUT2D eigenvalue weighted by Gasteiger charge is -2.30. The third-order valence-electron chi connectivity index (χ3n) is 6.33. The molecule has 0 saturated carbocycles. The molecule has 1 aromatic heterocycles. The zero-order valence-corrected chi connectivity index (χ0v) is 23.7. The molecular weight excluding hydrogens is 486 g/mol. The van der Waals surface area contributed by atoms with Crippen molar-refractivity contribution in [3.8, 4) is 11.5 Å². The van der Waals surface area contributed by atoms with Gasteiger partial charge in [-0.05, 0) is 37.8 Å². The lowest BCUT2D eigenvalue weighted by atomic mass is 10.0. The van der Waals surface area contributed by atoms with Gasteiger partial charge in [0.15, 0.2) is 17.6 Å². The Bertz CT molecular complexity index is 778. The summed E-state index contributed by atoms with van der Waals surface area (Å²) in [6.07, 6.45) is 8.68. The number of rotatable bonds is 19. The highest BCUT2D eigenvalue weighted by atomic mass is 32.2. The van der Waals surface area contributed by atoms with Crippen LogP contribution in [0.25, 0.3) is 0 Å². The van der Waals surface area contributed by atoms with Crippen molar-refractivity contribution < 1.29 is 27.2 Å². The number of hydrogen-bond acceptors (Lipinski definition) is 7. The summed E-state index contributed by atoms with van der Waals surface area (Å²) in [6.45, 7) is 11.2. The summed E-state index contributed by atoms with van der Waals surface area (Å²) < 4.78 is 52.1. The molecule has 204 valence electrons. The van der Waals surface area contributed by atoms with Crippen LogP contribution in [-0.4, -0.2) is 62.3 Å². The summed E-state index contributed by atoms with van der Waals surface area (Å²) in [4.78, 5) is 1.96. The van der Waals surface area contributed by atoms with Crippen molar-refractivity contribution in [1.82, 2.24) is 4.90 Å². The number of nitrogens with zero attached hydrogens (tertiary/aromatic N) is 1. The normalized spacial score (nSPS) is 17.0. The van der Waals surface area contributed by atoms with Crippen LogP contribution in [-0.2, 0) is 14.9 Å². The summed E-state index contributed by atoms with van der Waals surface area (Å²) in [5, 5.41) is 2.86. The van der Waals surface area contributed by atoms with E-state index in [0.29, 0.717) is 38.1 Å². The number of ether oxygens (including phenoxy) is 3. The Morgan fingerprint density at radius 1 is 0.971 bits per heavy atom. The van der Waals surface area contributed by atoms with Crippen molar-refractivity contribution in [3.05, 3.63) is 10.8 Å². The second-order valence-electron chi connectivity index (χ2n) is 10.5. The lowest BCUT2D eigenvalue weighted by molar-refractivity contribution is 0.00564. The Hall–Kier alpha value is -0.870. The average molecular weight is 534 g/mol. The smallest absolute Gasteiger partial charge is 0.281 e. The molecule has 7 nitrogen and oxygen atoms in total. The first-order chi connectivity index (χ1) is 16.7. The van der Waals surface area contributed by atoms with Crippen molar-refractivity contribution in [1.29, 1.82) is 0 Å². The van der Waals surface area contributed by atoms with Crippen molar-refractivity contribution >= 4 is 21.5 Å². The van der Waals surface area contributed by atoms with E-state index >= 15 is 0 Å². The molecule has 0 radical (unpaired) electrons. The van der Waals surface area contributed by atoms with Gasteiger partial charge in [-0.3, -0.25) is 9.45 Å². The van der Waals surface area contributed by atoms with Crippen LogP contribution in [0.3, 0.4) is 0 Å². The summed E-state index contributed by atoms with van der Waals surface area (Å²) in [6, 6.07) is 0.